The quantitative estimate of drug-likeness (QED) is 0.774. The second-order valence-corrected chi connectivity index (χ2v) is 4.03. The van der Waals surface area contributed by atoms with Gasteiger partial charge in [-0.1, -0.05) is 0 Å². The molecule has 0 amide bonds. The standard InChI is InChI=1S/C10H17N5/c1-11-9-7-12-14-10(13-9)8-3-5-15(2)6-4-8/h7-8H,3-6H2,1-2H3,(H,11,13,14). The normalized spacial score (nSPS) is 19.1. The first-order valence-electron chi connectivity index (χ1n) is 5.35. The Morgan fingerprint density at radius 2 is 2.13 bits per heavy atom. The van der Waals surface area contributed by atoms with Crippen LogP contribution in [0.25, 0.3) is 0 Å². The lowest BCUT2D eigenvalue weighted by Crippen LogP contribution is -2.30. The minimum absolute atomic E-state index is 0.474. The molecular weight excluding hydrogens is 190 g/mol. The Balaban J connectivity index is 2.08. The van der Waals surface area contributed by atoms with Crippen LogP contribution in [-0.4, -0.2) is 47.3 Å². The molecule has 1 aromatic heterocycles. The van der Waals surface area contributed by atoms with Crippen LogP contribution in [0.2, 0.25) is 0 Å². The third-order valence-electron chi connectivity index (χ3n) is 2.92. The number of anilines is 1. The van der Waals surface area contributed by atoms with Crippen molar-refractivity contribution in [2.45, 2.75) is 18.8 Å². The van der Waals surface area contributed by atoms with Crippen molar-refractivity contribution < 1.29 is 0 Å². The summed E-state index contributed by atoms with van der Waals surface area (Å²) in [6.45, 7) is 2.25. The molecule has 1 aromatic rings. The van der Waals surface area contributed by atoms with Crippen LogP contribution < -0.4 is 5.32 Å². The highest BCUT2D eigenvalue weighted by molar-refractivity contribution is 5.29. The SMILES string of the molecule is CNc1cnnc(C2CCN(C)CC2)n1. The molecule has 1 fully saturated rings. The molecule has 0 unspecified atom stereocenters. The van der Waals surface area contributed by atoms with Crippen molar-refractivity contribution in [1.82, 2.24) is 20.1 Å². The number of nitrogens with one attached hydrogen (secondary N) is 1. The smallest absolute Gasteiger partial charge is 0.156 e. The minimum atomic E-state index is 0.474. The lowest BCUT2D eigenvalue weighted by atomic mass is 9.96. The van der Waals surface area contributed by atoms with Crippen LogP contribution in [0.4, 0.5) is 5.82 Å². The fourth-order valence-corrected chi connectivity index (χ4v) is 1.88. The monoisotopic (exact) mass is 207 g/mol. The van der Waals surface area contributed by atoms with Crippen molar-refractivity contribution in [2.75, 3.05) is 32.5 Å². The Labute approximate surface area is 89.9 Å². The van der Waals surface area contributed by atoms with E-state index in [0.717, 1.165) is 37.6 Å². The summed E-state index contributed by atoms with van der Waals surface area (Å²) in [7, 11) is 4.00. The molecule has 0 saturated carbocycles. The Morgan fingerprint density at radius 1 is 1.40 bits per heavy atom. The summed E-state index contributed by atoms with van der Waals surface area (Å²) < 4.78 is 0. The zero-order valence-electron chi connectivity index (χ0n) is 9.27. The molecule has 0 aliphatic carbocycles. The van der Waals surface area contributed by atoms with E-state index in [1.165, 1.54) is 0 Å². The molecule has 0 bridgehead atoms. The maximum atomic E-state index is 4.44. The number of likely N-dealkylation sites (tertiary alicyclic amines) is 1. The average Bonchev–Trinajstić information content (AvgIpc) is 2.30. The molecule has 0 atom stereocenters. The molecule has 0 radical (unpaired) electrons. The molecule has 5 heteroatoms. The molecule has 2 rings (SSSR count). The molecule has 2 heterocycles. The van der Waals surface area contributed by atoms with Crippen LogP contribution in [0, 0.1) is 0 Å². The zero-order chi connectivity index (χ0) is 10.7. The van der Waals surface area contributed by atoms with Gasteiger partial charge in [0.25, 0.3) is 0 Å². The van der Waals surface area contributed by atoms with Crippen LogP contribution in [0.3, 0.4) is 0 Å². The minimum Gasteiger partial charge on any atom is -0.372 e. The van der Waals surface area contributed by atoms with Crippen LogP contribution in [-0.2, 0) is 0 Å². The average molecular weight is 207 g/mol. The number of hydrogen-bond acceptors (Lipinski definition) is 5. The number of hydrogen-bond donors (Lipinski definition) is 1. The third-order valence-corrected chi connectivity index (χ3v) is 2.92. The predicted molar refractivity (Wildman–Crippen MR) is 58.8 cm³/mol. The van der Waals surface area contributed by atoms with Gasteiger partial charge in [0.15, 0.2) is 5.82 Å². The molecule has 1 saturated heterocycles. The molecule has 15 heavy (non-hydrogen) atoms. The highest BCUT2D eigenvalue weighted by atomic mass is 15.2. The highest BCUT2D eigenvalue weighted by Gasteiger charge is 2.21. The van der Waals surface area contributed by atoms with Crippen LogP contribution >= 0.6 is 0 Å². The number of aromatic nitrogens is 3. The number of rotatable bonds is 2. The third kappa shape index (κ3) is 2.41. The van der Waals surface area contributed by atoms with E-state index in [9.17, 15) is 0 Å². The van der Waals surface area contributed by atoms with Gasteiger partial charge in [0.05, 0.1) is 6.20 Å². The first-order valence-corrected chi connectivity index (χ1v) is 5.35. The molecule has 1 N–H and O–H groups in total. The second-order valence-electron chi connectivity index (χ2n) is 4.03. The van der Waals surface area contributed by atoms with E-state index in [1.54, 1.807) is 6.20 Å². The van der Waals surface area contributed by atoms with E-state index >= 15 is 0 Å². The van der Waals surface area contributed by atoms with Gasteiger partial charge in [-0.05, 0) is 33.0 Å². The Morgan fingerprint density at radius 3 is 2.80 bits per heavy atom. The summed E-state index contributed by atoms with van der Waals surface area (Å²) in [5, 5.41) is 11.1. The summed E-state index contributed by atoms with van der Waals surface area (Å²) in [6.07, 6.45) is 3.91. The fraction of sp³-hybridized carbons (Fsp3) is 0.700. The second kappa shape index (κ2) is 4.53. The van der Waals surface area contributed by atoms with Gasteiger partial charge in [-0.25, -0.2) is 4.98 Å². The van der Waals surface area contributed by atoms with Gasteiger partial charge < -0.3 is 10.2 Å². The lowest BCUT2D eigenvalue weighted by molar-refractivity contribution is 0.250. The first-order chi connectivity index (χ1) is 7.29. The maximum absolute atomic E-state index is 4.44. The van der Waals surface area contributed by atoms with E-state index in [4.69, 9.17) is 0 Å². The Bertz CT molecular complexity index is 319. The van der Waals surface area contributed by atoms with E-state index in [2.05, 4.69) is 32.4 Å². The summed E-state index contributed by atoms with van der Waals surface area (Å²) in [6, 6.07) is 0. The largest absolute Gasteiger partial charge is 0.372 e. The zero-order valence-corrected chi connectivity index (χ0v) is 9.27. The number of nitrogens with zero attached hydrogens (tertiary/aromatic N) is 4. The topological polar surface area (TPSA) is 53.9 Å². The van der Waals surface area contributed by atoms with Crippen molar-refractivity contribution in [3.8, 4) is 0 Å². The van der Waals surface area contributed by atoms with E-state index in [1.807, 2.05) is 7.05 Å². The molecule has 0 aromatic carbocycles. The Hall–Kier alpha value is -1.23. The van der Waals surface area contributed by atoms with Crippen LogP contribution in [0.15, 0.2) is 6.20 Å². The van der Waals surface area contributed by atoms with Crippen molar-refractivity contribution in [3.05, 3.63) is 12.0 Å². The molecule has 0 spiro atoms. The molecule has 82 valence electrons. The summed E-state index contributed by atoms with van der Waals surface area (Å²) in [5.74, 6) is 2.16. The molecule has 1 aliphatic heterocycles. The van der Waals surface area contributed by atoms with Crippen molar-refractivity contribution in [1.29, 1.82) is 0 Å². The van der Waals surface area contributed by atoms with E-state index < -0.39 is 0 Å². The van der Waals surface area contributed by atoms with E-state index in [0.29, 0.717) is 5.92 Å². The van der Waals surface area contributed by atoms with Gasteiger partial charge in [0.1, 0.15) is 5.82 Å². The van der Waals surface area contributed by atoms with Crippen LogP contribution in [0.5, 0.6) is 0 Å². The lowest BCUT2D eigenvalue weighted by Gasteiger charge is -2.27. The fourth-order valence-electron chi connectivity index (χ4n) is 1.88. The highest BCUT2D eigenvalue weighted by Crippen LogP contribution is 2.24. The molecule has 1 aliphatic rings. The maximum Gasteiger partial charge on any atom is 0.156 e. The summed E-state index contributed by atoms with van der Waals surface area (Å²) >= 11 is 0. The Kier molecular flexibility index (Phi) is 3.11. The van der Waals surface area contributed by atoms with Gasteiger partial charge >= 0.3 is 0 Å². The van der Waals surface area contributed by atoms with Crippen molar-refractivity contribution >= 4 is 5.82 Å². The van der Waals surface area contributed by atoms with Crippen LogP contribution in [0.1, 0.15) is 24.6 Å². The van der Waals surface area contributed by atoms with Crippen molar-refractivity contribution in [2.24, 2.45) is 0 Å². The van der Waals surface area contributed by atoms with Gasteiger partial charge in [0, 0.05) is 13.0 Å². The molecular formula is C10H17N5. The molecule has 5 nitrogen and oxygen atoms in total. The predicted octanol–water partition coefficient (Wildman–Crippen LogP) is 0.722. The first kappa shape index (κ1) is 10.3. The van der Waals surface area contributed by atoms with Gasteiger partial charge in [-0.15, -0.1) is 5.10 Å². The summed E-state index contributed by atoms with van der Waals surface area (Å²) in [5.41, 5.74) is 0. The number of piperidine rings is 1. The van der Waals surface area contributed by atoms with E-state index in [-0.39, 0.29) is 0 Å². The van der Waals surface area contributed by atoms with Gasteiger partial charge in [-0.2, -0.15) is 5.10 Å². The summed E-state index contributed by atoms with van der Waals surface area (Å²) in [4.78, 5) is 6.78. The van der Waals surface area contributed by atoms with Gasteiger partial charge in [-0.3, -0.25) is 0 Å². The van der Waals surface area contributed by atoms with Crippen molar-refractivity contribution in [3.63, 3.8) is 0 Å². The van der Waals surface area contributed by atoms with Gasteiger partial charge in [0.2, 0.25) is 0 Å².